The molecule has 0 bridgehead atoms. The third kappa shape index (κ3) is 8.05. The number of carbonyl (C=O) groups is 1. The average molecular weight is 202 g/mol. The summed E-state index contributed by atoms with van der Waals surface area (Å²) < 4.78 is 4.47. The zero-order valence-electron chi connectivity index (χ0n) is 9.29. The molecule has 3 heteroatoms. The number of esters is 1. The summed E-state index contributed by atoms with van der Waals surface area (Å²) in [6, 6.07) is 0. The molecule has 84 valence electrons. The lowest BCUT2D eigenvalue weighted by Crippen LogP contribution is -2.14. The smallest absolute Gasteiger partial charge is 0.308 e. The molecule has 0 saturated carbocycles. The summed E-state index contributed by atoms with van der Waals surface area (Å²) >= 11 is 0. The van der Waals surface area contributed by atoms with Crippen molar-refractivity contribution in [1.82, 2.24) is 0 Å². The van der Waals surface area contributed by atoms with Crippen molar-refractivity contribution in [2.45, 2.75) is 58.0 Å². The number of methoxy groups -OCH3 is 1. The third-order valence-corrected chi connectivity index (χ3v) is 2.27. The Morgan fingerprint density at radius 2 is 1.93 bits per heavy atom. The number of unbranched alkanes of at least 4 members (excludes halogenated alkanes) is 4. The van der Waals surface area contributed by atoms with Crippen molar-refractivity contribution in [3.05, 3.63) is 0 Å². The van der Waals surface area contributed by atoms with Crippen LogP contribution in [-0.2, 0) is 9.53 Å². The Morgan fingerprint density at radius 1 is 1.29 bits per heavy atom. The van der Waals surface area contributed by atoms with Crippen molar-refractivity contribution in [2.75, 3.05) is 7.11 Å². The Hall–Kier alpha value is -0.570. The van der Waals surface area contributed by atoms with E-state index in [-0.39, 0.29) is 12.4 Å². The van der Waals surface area contributed by atoms with Gasteiger partial charge < -0.3 is 9.84 Å². The minimum atomic E-state index is -0.524. The molecule has 1 N–H and O–H groups in total. The van der Waals surface area contributed by atoms with Gasteiger partial charge in [0.2, 0.25) is 0 Å². The van der Waals surface area contributed by atoms with E-state index in [0.29, 0.717) is 6.42 Å². The molecule has 0 heterocycles. The third-order valence-electron chi connectivity index (χ3n) is 2.27. The molecule has 0 unspecified atom stereocenters. The van der Waals surface area contributed by atoms with Crippen LogP contribution in [0.25, 0.3) is 0 Å². The van der Waals surface area contributed by atoms with Gasteiger partial charge in [0.1, 0.15) is 0 Å². The predicted octanol–water partition coefficient (Wildman–Crippen LogP) is 2.27. The van der Waals surface area contributed by atoms with E-state index in [2.05, 4.69) is 11.7 Å². The Balaban J connectivity index is 3.26. The Kier molecular flexibility index (Phi) is 8.64. The monoisotopic (exact) mass is 202 g/mol. The molecule has 0 rings (SSSR count). The number of aliphatic hydroxyl groups is 1. The highest BCUT2D eigenvalue weighted by atomic mass is 16.5. The number of aliphatic hydroxyl groups excluding tert-OH is 1. The van der Waals surface area contributed by atoms with Crippen molar-refractivity contribution < 1.29 is 14.6 Å². The molecular formula is C11H22O3. The fourth-order valence-corrected chi connectivity index (χ4v) is 1.36. The lowest BCUT2D eigenvalue weighted by molar-refractivity contribution is -0.142. The second-order valence-electron chi connectivity index (χ2n) is 3.64. The maximum absolute atomic E-state index is 10.8. The van der Waals surface area contributed by atoms with Crippen LogP contribution >= 0.6 is 0 Å². The lowest BCUT2D eigenvalue weighted by atomic mass is 10.1. The Morgan fingerprint density at radius 3 is 2.50 bits per heavy atom. The molecule has 1 atom stereocenters. The minimum absolute atomic E-state index is 0.129. The first-order chi connectivity index (χ1) is 6.70. The number of carbonyl (C=O) groups excluding carboxylic acids is 1. The first-order valence-corrected chi connectivity index (χ1v) is 5.45. The van der Waals surface area contributed by atoms with E-state index < -0.39 is 6.10 Å². The molecule has 0 radical (unpaired) electrons. The van der Waals surface area contributed by atoms with Gasteiger partial charge in [0.05, 0.1) is 19.6 Å². The van der Waals surface area contributed by atoms with Crippen LogP contribution in [0.1, 0.15) is 51.9 Å². The normalized spacial score (nSPS) is 12.5. The summed E-state index contributed by atoms with van der Waals surface area (Å²) in [4.78, 5) is 10.8. The standard InChI is InChI=1S/C11H22O3/c1-3-4-5-6-7-8-10(12)9-11(13)14-2/h10,12H,3-9H2,1-2H3/t10-/m1/s1. The van der Waals surface area contributed by atoms with Crippen LogP contribution in [-0.4, -0.2) is 24.3 Å². The summed E-state index contributed by atoms with van der Waals surface area (Å²) in [5, 5.41) is 9.41. The number of ether oxygens (including phenoxy) is 1. The maximum atomic E-state index is 10.8. The Bertz CT molecular complexity index is 145. The summed E-state index contributed by atoms with van der Waals surface area (Å²) in [6.07, 6.45) is 6.16. The molecule has 0 aromatic heterocycles. The molecule has 0 aromatic carbocycles. The van der Waals surface area contributed by atoms with Crippen LogP contribution in [0, 0.1) is 0 Å². The number of rotatable bonds is 8. The van der Waals surface area contributed by atoms with Gasteiger partial charge in [-0.15, -0.1) is 0 Å². The van der Waals surface area contributed by atoms with Gasteiger partial charge in [0.15, 0.2) is 0 Å². The number of hydrogen-bond acceptors (Lipinski definition) is 3. The van der Waals surface area contributed by atoms with Crippen molar-refractivity contribution >= 4 is 5.97 Å². The van der Waals surface area contributed by atoms with Gasteiger partial charge >= 0.3 is 5.97 Å². The van der Waals surface area contributed by atoms with Crippen LogP contribution in [0.4, 0.5) is 0 Å². The first-order valence-electron chi connectivity index (χ1n) is 5.45. The molecule has 0 aliphatic rings. The topological polar surface area (TPSA) is 46.5 Å². The molecule has 0 saturated heterocycles. The highest BCUT2D eigenvalue weighted by molar-refractivity contribution is 5.69. The zero-order chi connectivity index (χ0) is 10.8. The second-order valence-corrected chi connectivity index (χ2v) is 3.64. The lowest BCUT2D eigenvalue weighted by Gasteiger charge is -2.08. The van der Waals surface area contributed by atoms with Gasteiger partial charge in [-0.25, -0.2) is 0 Å². The van der Waals surface area contributed by atoms with Crippen LogP contribution in [0.2, 0.25) is 0 Å². The van der Waals surface area contributed by atoms with Gasteiger partial charge in [-0.1, -0.05) is 39.0 Å². The molecular weight excluding hydrogens is 180 g/mol. The predicted molar refractivity (Wildman–Crippen MR) is 56.0 cm³/mol. The largest absolute Gasteiger partial charge is 0.469 e. The van der Waals surface area contributed by atoms with E-state index in [9.17, 15) is 9.90 Å². The molecule has 0 amide bonds. The quantitative estimate of drug-likeness (QED) is 0.485. The highest BCUT2D eigenvalue weighted by Gasteiger charge is 2.09. The molecule has 0 fully saturated rings. The summed E-state index contributed by atoms with van der Waals surface area (Å²) in [7, 11) is 1.34. The molecule has 0 aliphatic heterocycles. The Labute approximate surface area is 86.5 Å². The van der Waals surface area contributed by atoms with Gasteiger partial charge in [0.25, 0.3) is 0 Å². The van der Waals surface area contributed by atoms with E-state index in [1.807, 2.05) is 0 Å². The van der Waals surface area contributed by atoms with E-state index in [4.69, 9.17) is 0 Å². The zero-order valence-corrected chi connectivity index (χ0v) is 9.29. The van der Waals surface area contributed by atoms with E-state index in [1.54, 1.807) is 0 Å². The van der Waals surface area contributed by atoms with Crippen LogP contribution in [0.15, 0.2) is 0 Å². The molecule has 0 aliphatic carbocycles. The van der Waals surface area contributed by atoms with Crippen molar-refractivity contribution in [2.24, 2.45) is 0 Å². The first kappa shape index (κ1) is 13.4. The van der Waals surface area contributed by atoms with Crippen molar-refractivity contribution in [3.8, 4) is 0 Å². The van der Waals surface area contributed by atoms with Gasteiger partial charge in [-0.2, -0.15) is 0 Å². The molecule has 14 heavy (non-hydrogen) atoms. The second kappa shape index (κ2) is 9.00. The SMILES string of the molecule is CCCCCCC[C@@H](O)CC(=O)OC. The fourth-order valence-electron chi connectivity index (χ4n) is 1.36. The van der Waals surface area contributed by atoms with Crippen LogP contribution in [0.3, 0.4) is 0 Å². The molecule has 0 aromatic rings. The van der Waals surface area contributed by atoms with Gasteiger partial charge in [0, 0.05) is 0 Å². The minimum Gasteiger partial charge on any atom is -0.469 e. The summed E-state index contributed by atoms with van der Waals surface area (Å²) in [6.45, 7) is 2.17. The van der Waals surface area contributed by atoms with Crippen LogP contribution in [0.5, 0.6) is 0 Å². The van der Waals surface area contributed by atoms with Crippen LogP contribution < -0.4 is 0 Å². The van der Waals surface area contributed by atoms with E-state index in [0.717, 1.165) is 12.8 Å². The summed E-state index contributed by atoms with van der Waals surface area (Å²) in [5.41, 5.74) is 0. The van der Waals surface area contributed by atoms with E-state index in [1.165, 1.54) is 26.4 Å². The molecule has 3 nitrogen and oxygen atoms in total. The molecule has 0 spiro atoms. The van der Waals surface area contributed by atoms with Gasteiger partial charge in [-0.3, -0.25) is 4.79 Å². The highest BCUT2D eigenvalue weighted by Crippen LogP contribution is 2.09. The van der Waals surface area contributed by atoms with E-state index >= 15 is 0 Å². The van der Waals surface area contributed by atoms with Crippen molar-refractivity contribution in [1.29, 1.82) is 0 Å². The number of hydrogen-bond donors (Lipinski definition) is 1. The average Bonchev–Trinajstić information content (AvgIpc) is 2.17. The van der Waals surface area contributed by atoms with Gasteiger partial charge in [-0.05, 0) is 6.42 Å². The fraction of sp³-hybridized carbons (Fsp3) is 0.909. The maximum Gasteiger partial charge on any atom is 0.308 e. The van der Waals surface area contributed by atoms with Crippen molar-refractivity contribution in [3.63, 3.8) is 0 Å². The summed E-state index contributed by atoms with van der Waals surface area (Å²) in [5.74, 6) is -0.328.